The van der Waals surface area contributed by atoms with E-state index in [0.29, 0.717) is 12.5 Å². The topological polar surface area (TPSA) is 78.4 Å². The molecular weight excluding hydrogens is 268 g/mol. The summed E-state index contributed by atoms with van der Waals surface area (Å²) in [6.07, 6.45) is 8.77. The third kappa shape index (κ3) is 4.39. The van der Waals surface area contributed by atoms with Crippen molar-refractivity contribution in [1.82, 2.24) is 15.3 Å². The molecule has 1 heterocycles. The lowest BCUT2D eigenvalue weighted by Crippen LogP contribution is -2.44. The van der Waals surface area contributed by atoms with Gasteiger partial charge in [-0.2, -0.15) is 0 Å². The molecule has 0 atom stereocenters. The largest absolute Gasteiger partial charge is 0.396 e. The number of hydrogen-bond donors (Lipinski definition) is 2. The number of likely N-dealkylation sites (N-methyl/N-ethyl adjacent to an activating group) is 1. The maximum Gasteiger partial charge on any atom is 0.239 e. The summed E-state index contributed by atoms with van der Waals surface area (Å²) in [6.45, 7) is 0.905. The molecule has 1 fully saturated rings. The average molecular weight is 292 g/mol. The Hall–Kier alpha value is -1.69. The van der Waals surface area contributed by atoms with Crippen LogP contribution in [-0.2, 0) is 4.79 Å². The standard InChI is InChI=1S/C15H24N4O2/c1-19(14-16-8-5-9-17-14)10-13(21)18-11-15(12-20)6-3-2-4-7-15/h5,8-9,20H,2-4,6-7,10-12H2,1H3,(H,18,21). The summed E-state index contributed by atoms with van der Waals surface area (Å²) in [6, 6.07) is 1.74. The fourth-order valence-corrected chi connectivity index (χ4v) is 2.81. The van der Waals surface area contributed by atoms with Crippen molar-refractivity contribution in [1.29, 1.82) is 0 Å². The summed E-state index contributed by atoms with van der Waals surface area (Å²) in [5.41, 5.74) is -0.129. The van der Waals surface area contributed by atoms with Crippen molar-refractivity contribution in [3.63, 3.8) is 0 Å². The molecule has 0 saturated heterocycles. The van der Waals surface area contributed by atoms with E-state index in [1.807, 2.05) is 0 Å². The molecule has 0 unspecified atom stereocenters. The van der Waals surface area contributed by atoms with Gasteiger partial charge in [-0.25, -0.2) is 9.97 Å². The predicted octanol–water partition coefficient (Wildman–Crippen LogP) is 0.972. The summed E-state index contributed by atoms with van der Waals surface area (Å²) in [5, 5.41) is 12.6. The van der Waals surface area contributed by atoms with Gasteiger partial charge in [0.1, 0.15) is 0 Å². The Balaban J connectivity index is 1.81. The van der Waals surface area contributed by atoms with E-state index in [2.05, 4.69) is 15.3 Å². The van der Waals surface area contributed by atoms with Gasteiger partial charge in [0, 0.05) is 31.4 Å². The Morgan fingerprint density at radius 1 is 1.33 bits per heavy atom. The zero-order valence-corrected chi connectivity index (χ0v) is 12.6. The number of hydrogen-bond acceptors (Lipinski definition) is 5. The number of carbonyl (C=O) groups excluding carboxylic acids is 1. The van der Waals surface area contributed by atoms with Crippen LogP contribution in [0.1, 0.15) is 32.1 Å². The van der Waals surface area contributed by atoms with Crippen LogP contribution in [0.2, 0.25) is 0 Å². The normalized spacial score (nSPS) is 17.2. The molecule has 1 aliphatic rings. The molecule has 1 saturated carbocycles. The van der Waals surface area contributed by atoms with Gasteiger partial charge in [0.2, 0.25) is 11.9 Å². The van der Waals surface area contributed by atoms with Gasteiger partial charge >= 0.3 is 0 Å². The first kappa shape index (κ1) is 15.7. The minimum atomic E-state index is -0.129. The van der Waals surface area contributed by atoms with Gasteiger partial charge in [-0.3, -0.25) is 4.79 Å². The van der Waals surface area contributed by atoms with Gasteiger partial charge in [0.15, 0.2) is 0 Å². The molecule has 1 aromatic heterocycles. The molecule has 1 aromatic rings. The Labute approximate surface area is 125 Å². The third-order valence-electron chi connectivity index (χ3n) is 4.18. The van der Waals surface area contributed by atoms with E-state index in [-0.39, 0.29) is 24.5 Å². The Kier molecular flexibility index (Phi) is 5.50. The second-order valence-electron chi connectivity index (χ2n) is 5.90. The van der Waals surface area contributed by atoms with E-state index < -0.39 is 0 Å². The first-order chi connectivity index (χ1) is 10.2. The Bertz CT molecular complexity index is 446. The molecule has 21 heavy (non-hydrogen) atoms. The lowest BCUT2D eigenvalue weighted by molar-refractivity contribution is -0.120. The van der Waals surface area contributed by atoms with Crippen molar-refractivity contribution in [2.75, 3.05) is 31.6 Å². The number of aliphatic hydroxyl groups is 1. The van der Waals surface area contributed by atoms with Crippen molar-refractivity contribution < 1.29 is 9.90 Å². The van der Waals surface area contributed by atoms with E-state index in [4.69, 9.17) is 0 Å². The van der Waals surface area contributed by atoms with Crippen LogP contribution >= 0.6 is 0 Å². The second-order valence-corrected chi connectivity index (χ2v) is 5.90. The van der Waals surface area contributed by atoms with E-state index in [0.717, 1.165) is 25.7 Å². The van der Waals surface area contributed by atoms with Crippen LogP contribution in [0.5, 0.6) is 0 Å². The molecule has 0 aromatic carbocycles. The minimum absolute atomic E-state index is 0.0663. The summed E-state index contributed by atoms with van der Waals surface area (Å²) in [7, 11) is 1.79. The smallest absolute Gasteiger partial charge is 0.239 e. The van der Waals surface area contributed by atoms with Crippen molar-refractivity contribution in [3.8, 4) is 0 Å². The number of carbonyl (C=O) groups is 1. The number of rotatable bonds is 6. The van der Waals surface area contributed by atoms with Crippen LogP contribution in [0.3, 0.4) is 0 Å². The highest BCUT2D eigenvalue weighted by atomic mass is 16.3. The number of amides is 1. The van der Waals surface area contributed by atoms with Gasteiger partial charge < -0.3 is 15.3 Å². The molecule has 0 radical (unpaired) electrons. The van der Waals surface area contributed by atoms with E-state index in [1.54, 1.807) is 30.4 Å². The molecule has 0 bridgehead atoms. The quantitative estimate of drug-likeness (QED) is 0.817. The van der Waals surface area contributed by atoms with Gasteiger partial charge in [-0.05, 0) is 18.9 Å². The fraction of sp³-hybridized carbons (Fsp3) is 0.667. The fourth-order valence-electron chi connectivity index (χ4n) is 2.81. The van der Waals surface area contributed by atoms with Gasteiger partial charge in [0.25, 0.3) is 0 Å². The van der Waals surface area contributed by atoms with E-state index >= 15 is 0 Å². The molecule has 1 aliphatic carbocycles. The molecule has 1 amide bonds. The SMILES string of the molecule is CN(CC(=O)NCC1(CO)CCCCC1)c1ncccn1. The van der Waals surface area contributed by atoms with E-state index in [1.165, 1.54) is 6.42 Å². The molecule has 6 nitrogen and oxygen atoms in total. The molecule has 116 valence electrons. The summed E-state index contributed by atoms with van der Waals surface area (Å²) < 4.78 is 0. The zero-order chi connectivity index (χ0) is 15.1. The number of anilines is 1. The highest BCUT2D eigenvalue weighted by Crippen LogP contribution is 2.35. The molecule has 6 heteroatoms. The lowest BCUT2D eigenvalue weighted by Gasteiger charge is -2.35. The zero-order valence-electron chi connectivity index (χ0n) is 12.6. The van der Waals surface area contributed by atoms with Crippen molar-refractivity contribution in [2.45, 2.75) is 32.1 Å². The number of aromatic nitrogens is 2. The van der Waals surface area contributed by atoms with Crippen LogP contribution in [0.4, 0.5) is 5.95 Å². The summed E-state index contributed by atoms with van der Waals surface area (Å²) >= 11 is 0. The number of nitrogens with zero attached hydrogens (tertiary/aromatic N) is 3. The first-order valence-corrected chi connectivity index (χ1v) is 7.51. The number of nitrogens with one attached hydrogen (secondary N) is 1. The molecule has 0 aliphatic heterocycles. The van der Waals surface area contributed by atoms with Crippen LogP contribution in [0.15, 0.2) is 18.5 Å². The highest BCUT2D eigenvalue weighted by Gasteiger charge is 2.31. The van der Waals surface area contributed by atoms with Crippen molar-refractivity contribution in [2.24, 2.45) is 5.41 Å². The number of aliphatic hydroxyl groups excluding tert-OH is 1. The van der Waals surface area contributed by atoms with Crippen molar-refractivity contribution in [3.05, 3.63) is 18.5 Å². The molecule has 2 rings (SSSR count). The predicted molar refractivity (Wildman–Crippen MR) is 80.9 cm³/mol. The highest BCUT2D eigenvalue weighted by molar-refractivity contribution is 5.80. The van der Waals surface area contributed by atoms with Crippen LogP contribution in [0.25, 0.3) is 0 Å². The van der Waals surface area contributed by atoms with Gasteiger partial charge in [0.05, 0.1) is 13.2 Å². The van der Waals surface area contributed by atoms with Crippen LogP contribution < -0.4 is 10.2 Å². The van der Waals surface area contributed by atoms with Crippen molar-refractivity contribution >= 4 is 11.9 Å². The lowest BCUT2D eigenvalue weighted by atomic mass is 9.74. The first-order valence-electron chi connectivity index (χ1n) is 7.51. The Morgan fingerprint density at radius 3 is 2.62 bits per heavy atom. The van der Waals surface area contributed by atoms with E-state index in [9.17, 15) is 9.90 Å². The Morgan fingerprint density at radius 2 is 2.00 bits per heavy atom. The third-order valence-corrected chi connectivity index (χ3v) is 4.18. The molecule has 0 spiro atoms. The second kappa shape index (κ2) is 7.36. The average Bonchev–Trinajstić information content (AvgIpc) is 2.54. The van der Waals surface area contributed by atoms with Crippen LogP contribution in [0, 0.1) is 5.41 Å². The van der Waals surface area contributed by atoms with Gasteiger partial charge in [-0.1, -0.05) is 19.3 Å². The van der Waals surface area contributed by atoms with Gasteiger partial charge in [-0.15, -0.1) is 0 Å². The summed E-state index contributed by atoms with van der Waals surface area (Å²) in [5.74, 6) is 0.463. The maximum absolute atomic E-state index is 12.0. The summed E-state index contributed by atoms with van der Waals surface area (Å²) in [4.78, 5) is 22.0. The monoisotopic (exact) mass is 292 g/mol. The molecule has 2 N–H and O–H groups in total. The molecular formula is C15H24N4O2. The minimum Gasteiger partial charge on any atom is -0.396 e. The van der Waals surface area contributed by atoms with Crippen LogP contribution in [-0.4, -0.2) is 47.7 Å². The maximum atomic E-state index is 12.0.